The first kappa shape index (κ1) is 12.7. The second-order valence-electron chi connectivity index (χ2n) is 4.55. The van der Waals surface area contributed by atoms with Crippen molar-refractivity contribution in [3.63, 3.8) is 0 Å². The van der Waals surface area contributed by atoms with Gasteiger partial charge in [0.15, 0.2) is 0 Å². The number of aliphatic hydroxyl groups excluding tert-OH is 1. The van der Waals surface area contributed by atoms with E-state index in [1.807, 2.05) is 6.92 Å². The highest BCUT2D eigenvalue weighted by Crippen LogP contribution is 2.40. The number of benzene rings is 1. The molecule has 0 saturated carbocycles. The van der Waals surface area contributed by atoms with Gasteiger partial charge in [-0.05, 0) is 25.5 Å². The highest BCUT2D eigenvalue weighted by atomic mass is 35.5. The molecule has 0 aromatic heterocycles. The molecule has 1 aliphatic rings. The van der Waals surface area contributed by atoms with Gasteiger partial charge in [0.05, 0.1) is 13.2 Å². The summed E-state index contributed by atoms with van der Waals surface area (Å²) in [6.45, 7) is 5.62. The first-order chi connectivity index (χ1) is 8.06. The highest BCUT2D eigenvalue weighted by Gasteiger charge is 2.28. The van der Waals surface area contributed by atoms with Crippen molar-refractivity contribution in [1.82, 2.24) is 5.32 Å². The van der Waals surface area contributed by atoms with Gasteiger partial charge in [0, 0.05) is 35.2 Å². The molecule has 1 atom stereocenters. The third kappa shape index (κ3) is 2.15. The lowest BCUT2D eigenvalue weighted by molar-refractivity contribution is 0.193. The van der Waals surface area contributed by atoms with Crippen LogP contribution in [0.4, 0.5) is 0 Å². The molecule has 1 heterocycles. The van der Waals surface area contributed by atoms with Crippen LogP contribution in [0, 0.1) is 6.92 Å². The fourth-order valence-electron chi connectivity index (χ4n) is 2.29. The maximum Gasteiger partial charge on any atom is 0.128 e. The molecule has 0 amide bonds. The van der Waals surface area contributed by atoms with E-state index in [4.69, 9.17) is 16.3 Å². The van der Waals surface area contributed by atoms with Crippen LogP contribution in [0.5, 0.6) is 5.75 Å². The van der Waals surface area contributed by atoms with Gasteiger partial charge in [-0.25, -0.2) is 0 Å². The Morgan fingerprint density at radius 2 is 2.18 bits per heavy atom. The van der Waals surface area contributed by atoms with Crippen molar-refractivity contribution in [1.29, 1.82) is 0 Å². The first-order valence-electron chi connectivity index (χ1n) is 5.82. The predicted molar refractivity (Wildman–Crippen MR) is 69.0 cm³/mol. The average Bonchev–Trinajstić information content (AvgIpc) is 2.21. The normalized spacial score (nSPS) is 17.7. The quantitative estimate of drug-likeness (QED) is 0.872. The van der Waals surface area contributed by atoms with Crippen LogP contribution in [0.25, 0.3) is 0 Å². The molecule has 0 radical (unpaired) electrons. The summed E-state index contributed by atoms with van der Waals surface area (Å²) in [4.78, 5) is 0. The average molecular weight is 256 g/mol. The zero-order valence-corrected chi connectivity index (χ0v) is 11.1. The van der Waals surface area contributed by atoms with E-state index in [9.17, 15) is 5.11 Å². The molecule has 1 saturated heterocycles. The number of hydrogen-bond acceptors (Lipinski definition) is 3. The molecule has 1 unspecified atom stereocenters. The number of halogens is 1. The minimum Gasteiger partial charge on any atom is -0.496 e. The van der Waals surface area contributed by atoms with E-state index in [1.165, 1.54) is 0 Å². The summed E-state index contributed by atoms with van der Waals surface area (Å²) in [5.74, 6) is 1.22. The molecular formula is C13H18ClNO2. The summed E-state index contributed by atoms with van der Waals surface area (Å²) in [5.41, 5.74) is 2.96. The molecule has 0 aliphatic carbocycles. The molecule has 17 heavy (non-hydrogen) atoms. The van der Waals surface area contributed by atoms with Crippen LogP contribution in [0.3, 0.4) is 0 Å². The molecule has 1 fully saturated rings. The van der Waals surface area contributed by atoms with Gasteiger partial charge >= 0.3 is 0 Å². The lowest BCUT2D eigenvalue weighted by Gasteiger charge is -2.31. The fourth-order valence-corrected chi connectivity index (χ4v) is 2.51. The van der Waals surface area contributed by atoms with E-state index < -0.39 is 6.10 Å². The number of aliphatic hydroxyl groups is 1. The Morgan fingerprint density at radius 1 is 1.53 bits per heavy atom. The lowest BCUT2D eigenvalue weighted by Crippen LogP contribution is -2.40. The van der Waals surface area contributed by atoms with E-state index in [0.717, 1.165) is 35.5 Å². The van der Waals surface area contributed by atoms with Crippen LogP contribution in [0.1, 0.15) is 35.6 Å². The summed E-state index contributed by atoms with van der Waals surface area (Å²) < 4.78 is 5.48. The second kappa shape index (κ2) is 4.84. The van der Waals surface area contributed by atoms with Crippen LogP contribution >= 0.6 is 11.6 Å². The minimum atomic E-state index is -0.574. The topological polar surface area (TPSA) is 41.5 Å². The maximum atomic E-state index is 9.79. The van der Waals surface area contributed by atoms with Crippen LogP contribution in [-0.4, -0.2) is 25.3 Å². The Kier molecular flexibility index (Phi) is 3.61. The van der Waals surface area contributed by atoms with Crippen molar-refractivity contribution in [2.24, 2.45) is 0 Å². The number of ether oxygens (including phenoxy) is 1. The summed E-state index contributed by atoms with van der Waals surface area (Å²) >= 11 is 6.23. The van der Waals surface area contributed by atoms with Crippen molar-refractivity contribution in [3.8, 4) is 5.75 Å². The van der Waals surface area contributed by atoms with E-state index in [1.54, 1.807) is 20.1 Å². The SMILES string of the molecule is COc1c(C(C)O)cc(Cl)c(C)c1C1CNC1. The van der Waals surface area contributed by atoms with E-state index in [-0.39, 0.29) is 0 Å². The van der Waals surface area contributed by atoms with E-state index in [0.29, 0.717) is 10.9 Å². The Labute approximate surface area is 107 Å². The molecular weight excluding hydrogens is 238 g/mol. The van der Waals surface area contributed by atoms with E-state index in [2.05, 4.69) is 5.32 Å². The van der Waals surface area contributed by atoms with Crippen LogP contribution in [0.2, 0.25) is 5.02 Å². The van der Waals surface area contributed by atoms with Crippen molar-refractivity contribution in [2.75, 3.05) is 20.2 Å². The third-order valence-electron chi connectivity index (χ3n) is 3.40. The zero-order valence-electron chi connectivity index (χ0n) is 10.4. The predicted octanol–water partition coefficient (Wildman–Crippen LogP) is 2.40. The summed E-state index contributed by atoms with van der Waals surface area (Å²) in [7, 11) is 1.64. The Balaban J connectivity index is 2.60. The first-order valence-corrected chi connectivity index (χ1v) is 6.19. The molecule has 1 aromatic rings. The number of methoxy groups -OCH3 is 1. The monoisotopic (exact) mass is 255 g/mol. The Hall–Kier alpha value is -0.770. The van der Waals surface area contributed by atoms with Crippen molar-refractivity contribution in [3.05, 3.63) is 27.8 Å². The van der Waals surface area contributed by atoms with Crippen LogP contribution in [-0.2, 0) is 0 Å². The van der Waals surface area contributed by atoms with Crippen LogP contribution < -0.4 is 10.1 Å². The molecule has 0 bridgehead atoms. The summed E-state index contributed by atoms with van der Waals surface area (Å²) in [6, 6.07) is 1.80. The van der Waals surface area contributed by atoms with Gasteiger partial charge in [-0.3, -0.25) is 0 Å². The van der Waals surface area contributed by atoms with Gasteiger partial charge in [0.2, 0.25) is 0 Å². The summed E-state index contributed by atoms with van der Waals surface area (Å²) in [5, 5.41) is 13.7. The van der Waals surface area contributed by atoms with Gasteiger partial charge in [-0.15, -0.1) is 0 Å². The zero-order chi connectivity index (χ0) is 12.6. The molecule has 3 nitrogen and oxygen atoms in total. The van der Waals surface area contributed by atoms with Gasteiger partial charge in [-0.1, -0.05) is 11.6 Å². The molecule has 4 heteroatoms. The van der Waals surface area contributed by atoms with E-state index >= 15 is 0 Å². The van der Waals surface area contributed by atoms with Crippen molar-refractivity contribution in [2.45, 2.75) is 25.9 Å². The van der Waals surface area contributed by atoms with Gasteiger partial charge in [-0.2, -0.15) is 0 Å². The molecule has 0 spiro atoms. The summed E-state index contributed by atoms with van der Waals surface area (Å²) in [6.07, 6.45) is -0.574. The fraction of sp³-hybridized carbons (Fsp3) is 0.538. The smallest absolute Gasteiger partial charge is 0.128 e. The van der Waals surface area contributed by atoms with Crippen LogP contribution in [0.15, 0.2) is 6.07 Å². The minimum absolute atomic E-state index is 0.432. The molecule has 1 aliphatic heterocycles. The lowest BCUT2D eigenvalue weighted by atomic mass is 9.87. The Bertz CT molecular complexity index is 428. The third-order valence-corrected chi connectivity index (χ3v) is 3.79. The largest absolute Gasteiger partial charge is 0.496 e. The van der Waals surface area contributed by atoms with Gasteiger partial charge < -0.3 is 15.2 Å². The standard InChI is InChI=1S/C13H18ClNO2/c1-7-11(14)4-10(8(2)16)13(17-3)12(7)9-5-15-6-9/h4,8-9,15-16H,5-6H2,1-3H3. The molecule has 94 valence electrons. The Morgan fingerprint density at radius 3 is 2.59 bits per heavy atom. The highest BCUT2D eigenvalue weighted by molar-refractivity contribution is 6.31. The molecule has 2 N–H and O–H groups in total. The number of hydrogen-bond donors (Lipinski definition) is 2. The molecule has 2 rings (SSSR count). The number of nitrogens with one attached hydrogen (secondary N) is 1. The maximum absolute atomic E-state index is 9.79. The second-order valence-corrected chi connectivity index (χ2v) is 4.96. The van der Waals surface area contributed by atoms with Crippen molar-refractivity contribution >= 4 is 11.6 Å². The van der Waals surface area contributed by atoms with Gasteiger partial charge in [0.1, 0.15) is 5.75 Å². The number of rotatable bonds is 3. The van der Waals surface area contributed by atoms with Gasteiger partial charge in [0.25, 0.3) is 0 Å². The van der Waals surface area contributed by atoms with Crippen molar-refractivity contribution < 1.29 is 9.84 Å². The molecule has 1 aromatic carbocycles.